The third-order valence-electron chi connectivity index (χ3n) is 2.51. The molecule has 0 saturated carbocycles. The summed E-state index contributed by atoms with van der Waals surface area (Å²) in [5.74, 6) is 0. The molecule has 16 heavy (non-hydrogen) atoms. The normalized spacial score (nSPS) is 15.9. The monoisotopic (exact) mass is 281 g/mol. The largest absolute Gasteiger partial charge is 0.387 e. The maximum Gasteiger partial charge on any atom is 0.216 e. The first-order valence-corrected chi connectivity index (χ1v) is 6.02. The molecule has 1 aromatic carbocycles. The number of aliphatic hydroxyl groups excluding tert-OH is 1. The summed E-state index contributed by atoms with van der Waals surface area (Å²) in [4.78, 5) is 0. The van der Waals surface area contributed by atoms with E-state index < -0.39 is 9.90 Å². The van der Waals surface area contributed by atoms with Crippen LogP contribution >= 0.6 is 34.8 Å². The Balaban J connectivity index is 2.87. The molecular weight excluding hydrogens is 268 g/mol. The van der Waals surface area contributed by atoms with Gasteiger partial charge in [0.2, 0.25) is 3.79 Å². The van der Waals surface area contributed by atoms with E-state index in [-0.39, 0.29) is 6.04 Å². The van der Waals surface area contributed by atoms with Crippen LogP contribution < -0.4 is 5.32 Å². The van der Waals surface area contributed by atoms with Crippen molar-refractivity contribution >= 4 is 34.8 Å². The number of rotatable bonds is 3. The van der Waals surface area contributed by atoms with Crippen LogP contribution in [0.1, 0.15) is 24.2 Å². The Kier molecular flexibility index (Phi) is 4.89. The van der Waals surface area contributed by atoms with Crippen LogP contribution in [-0.4, -0.2) is 18.2 Å². The van der Waals surface area contributed by atoms with Gasteiger partial charge in [-0.05, 0) is 19.5 Å². The molecule has 0 radical (unpaired) electrons. The number of hydrogen-bond acceptors (Lipinski definition) is 2. The zero-order chi connectivity index (χ0) is 12.3. The Bertz CT molecular complexity index is 334. The molecule has 0 aromatic heterocycles. The number of hydrogen-bond donors (Lipinski definition) is 2. The third-order valence-corrected chi connectivity index (χ3v) is 3.16. The van der Waals surface area contributed by atoms with Gasteiger partial charge in [-0.15, -0.1) is 0 Å². The Morgan fingerprint density at radius 1 is 1.19 bits per heavy atom. The summed E-state index contributed by atoms with van der Waals surface area (Å²) < 4.78 is -1.42. The van der Waals surface area contributed by atoms with Gasteiger partial charge in [-0.3, -0.25) is 0 Å². The van der Waals surface area contributed by atoms with Gasteiger partial charge in [0.1, 0.15) is 0 Å². The maximum atomic E-state index is 9.92. The van der Waals surface area contributed by atoms with Crippen LogP contribution in [0.3, 0.4) is 0 Å². The molecular formula is C11H14Cl3NO. The van der Waals surface area contributed by atoms with Gasteiger partial charge in [0.15, 0.2) is 0 Å². The fraction of sp³-hybridized carbons (Fsp3) is 0.455. The van der Waals surface area contributed by atoms with E-state index in [4.69, 9.17) is 34.8 Å². The number of benzene rings is 1. The number of halogens is 3. The Morgan fingerprint density at radius 2 is 1.69 bits per heavy atom. The molecule has 1 aromatic rings. The molecule has 2 atom stereocenters. The van der Waals surface area contributed by atoms with E-state index in [1.807, 2.05) is 6.92 Å². The SMILES string of the molecule is CNC(C)C(O)c1ccc(C(Cl)(Cl)Cl)cc1. The molecule has 0 aliphatic carbocycles. The van der Waals surface area contributed by atoms with Gasteiger partial charge < -0.3 is 10.4 Å². The zero-order valence-electron chi connectivity index (χ0n) is 9.05. The van der Waals surface area contributed by atoms with Crippen molar-refractivity contribution in [1.82, 2.24) is 5.32 Å². The first-order chi connectivity index (χ1) is 7.36. The minimum Gasteiger partial charge on any atom is -0.387 e. The van der Waals surface area contributed by atoms with E-state index >= 15 is 0 Å². The van der Waals surface area contributed by atoms with Crippen molar-refractivity contribution in [1.29, 1.82) is 0 Å². The maximum absolute atomic E-state index is 9.92. The van der Waals surface area contributed by atoms with E-state index in [1.165, 1.54) is 0 Å². The molecule has 0 heterocycles. The molecule has 2 nitrogen and oxygen atoms in total. The van der Waals surface area contributed by atoms with Crippen LogP contribution in [0.5, 0.6) is 0 Å². The van der Waals surface area contributed by atoms with Gasteiger partial charge in [-0.1, -0.05) is 59.1 Å². The molecule has 0 saturated heterocycles. The van der Waals surface area contributed by atoms with Crippen molar-refractivity contribution in [3.8, 4) is 0 Å². The van der Waals surface area contributed by atoms with Crippen LogP contribution in [0, 0.1) is 0 Å². The van der Waals surface area contributed by atoms with Gasteiger partial charge in [0.25, 0.3) is 0 Å². The van der Waals surface area contributed by atoms with Crippen LogP contribution in [0.15, 0.2) is 24.3 Å². The van der Waals surface area contributed by atoms with Gasteiger partial charge in [-0.25, -0.2) is 0 Å². The molecule has 90 valence electrons. The molecule has 2 unspecified atom stereocenters. The summed E-state index contributed by atoms with van der Waals surface area (Å²) in [5.41, 5.74) is 1.38. The highest BCUT2D eigenvalue weighted by molar-refractivity contribution is 6.66. The van der Waals surface area contributed by atoms with Crippen LogP contribution in [0.2, 0.25) is 0 Å². The lowest BCUT2D eigenvalue weighted by Gasteiger charge is -2.19. The van der Waals surface area contributed by atoms with E-state index in [9.17, 15) is 5.11 Å². The predicted octanol–water partition coefficient (Wildman–Crippen LogP) is 3.15. The van der Waals surface area contributed by atoms with Crippen molar-refractivity contribution in [2.75, 3.05) is 7.05 Å². The Labute approximate surface area is 111 Å². The predicted molar refractivity (Wildman–Crippen MR) is 69.2 cm³/mol. The van der Waals surface area contributed by atoms with Gasteiger partial charge in [-0.2, -0.15) is 0 Å². The molecule has 5 heteroatoms. The average molecular weight is 283 g/mol. The summed E-state index contributed by atoms with van der Waals surface area (Å²) in [7, 11) is 1.80. The standard InChI is InChI=1S/C11H14Cl3NO/c1-7(15-2)10(16)8-3-5-9(6-4-8)11(12,13)14/h3-7,10,15-16H,1-2H3. The highest BCUT2D eigenvalue weighted by atomic mass is 35.6. The first-order valence-electron chi connectivity index (χ1n) is 4.88. The second kappa shape index (κ2) is 5.56. The summed E-state index contributed by atoms with van der Waals surface area (Å²) in [5, 5.41) is 12.9. The smallest absolute Gasteiger partial charge is 0.216 e. The van der Waals surface area contributed by atoms with Crippen molar-refractivity contribution in [2.24, 2.45) is 0 Å². The second-order valence-electron chi connectivity index (χ2n) is 3.64. The number of aliphatic hydroxyl groups is 1. The number of nitrogens with one attached hydrogen (secondary N) is 1. The van der Waals surface area contributed by atoms with Gasteiger partial charge in [0, 0.05) is 11.6 Å². The topological polar surface area (TPSA) is 32.3 Å². The number of alkyl halides is 3. The van der Waals surface area contributed by atoms with Crippen molar-refractivity contribution in [2.45, 2.75) is 22.9 Å². The zero-order valence-corrected chi connectivity index (χ0v) is 11.3. The average Bonchev–Trinajstić information content (AvgIpc) is 2.26. The lowest BCUT2D eigenvalue weighted by molar-refractivity contribution is 0.140. The molecule has 0 spiro atoms. The fourth-order valence-corrected chi connectivity index (χ4v) is 1.69. The number of likely N-dealkylation sites (N-methyl/N-ethyl adjacent to an activating group) is 1. The lowest BCUT2D eigenvalue weighted by Crippen LogP contribution is -2.28. The van der Waals surface area contributed by atoms with Crippen molar-refractivity contribution < 1.29 is 5.11 Å². The molecule has 1 rings (SSSR count). The Hall–Kier alpha value is 0.01000. The van der Waals surface area contributed by atoms with Crippen LogP contribution in [0.25, 0.3) is 0 Å². The third kappa shape index (κ3) is 3.51. The minimum atomic E-state index is -1.42. The van der Waals surface area contributed by atoms with E-state index in [1.54, 1.807) is 31.3 Å². The molecule has 0 amide bonds. The molecule has 0 aliphatic heterocycles. The Morgan fingerprint density at radius 3 is 2.06 bits per heavy atom. The summed E-state index contributed by atoms with van der Waals surface area (Å²) in [6, 6.07) is 6.89. The summed E-state index contributed by atoms with van der Waals surface area (Å²) >= 11 is 17.2. The quantitative estimate of drug-likeness (QED) is 0.835. The van der Waals surface area contributed by atoms with Gasteiger partial charge >= 0.3 is 0 Å². The molecule has 0 bridgehead atoms. The highest BCUT2D eigenvalue weighted by Gasteiger charge is 2.23. The van der Waals surface area contributed by atoms with E-state index in [0.717, 1.165) is 5.56 Å². The summed E-state index contributed by atoms with van der Waals surface area (Å²) in [6.07, 6.45) is -0.575. The molecule has 0 aliphatic rings. The van der Waals surface area contributed by atoms with E-state index in [2.05, 4.69) is 5.32 Å². The van der Waals surface area contributed by atoms with E-state index in [0.29, 0.717) is 5.56 Å². The second-order valence-corrected chi connectivity index (χ2v) is 5.92. The van der Waals surface area contributed by atoms with Crippen molar-refractivity contribution in [3.05, 3.63) is 35.4 Å². The molecule has 0 fully saturated rings. The lowest BCUT2D eigenvalue weighted by atomic mass is 10.0. The minimum absolute atomic E-state index is 0.0291. The van der Waals surface area contributed by atoms with Crippen LogP contribution in [-0.2, 0) is 3.79 Å². The summed E-state index contributed by atoms with van der Waals surface area (Å²) in [6.45, 7) is 1.90. The van der Waals surface area contributed by atoms with Gasteiger partial charge in [0.05, 0.1) is 6.10 Å². The van der Waals surface area contributed by atoms with Crippen molar-refractivity contribution in [3.63, 3.8) is 0 Å². The highest BCUT2D eigenvalue weighted by Crippen LogP contribution is 2.38. The fourth-order valence-electron chi connectivity index (χ4n) is 1.32. The first kappa shape index (κ1) is 14.1. The van der Waals surface area contributed by atoms with Crippen LogP contribution in [0.4, 0.5) is 0 Å². The molecule has 2 N–H and O–H groups in total.